The number of nitrogens with zero attached hydrogens (tertiary/aromatic N) is 3. The Morgan fingerprint density at radius 1 is 1.29 bits per heavy atom. The van der Waals surface area contributed by atoms with Crippen molar-refractivity contribution >= 4 is 16.7 Å². The minimum Gasteiger partial charge on any atom is -0.293 e. The van der Waals surface area contributed by atoms with E-state index in [0.717, 1.165) is 10.9 Å². The van der Waals surface area contributed by atoms with Crippen LogP contribution in [0.2, 0.25) is 0 Å². The zero-order valence-corrected chi connectivity index (χ0v) is 7.04. The number of para-hydroxylation sites is 1. The van der Waals surface area contributed by atoms with Crippen LogP contribution in [-0.2, 0) is 0 Å². The Kier molecular flexibility index (Phi) is 1.25. The molecule has 5 nitrogen and oxygen atoms in total. The second-order valence-electron chi connectivity index (χ2n) is 2.90. The maximum Gasteiger partial charge on any atom is 0.447 e. The fourth-order valence-corrected chi connectivity index (χ4v) is 1.46. The Labute approximate surface area is 77.6 Å². The standard InChI is InChI=1S/C9H5N3O2/c13-9-12-7-4-2-1-3-6(7)5-10-8(12)11-14-9/h1-5H. The van der Waals surface area contributed by atoms with E-state index in [9.17, 15) is 4.79 Å². The van der Waals surface area contributed by atoms with Gasteiger partial charge < -0.3 is 0 Å². The summed E-state index contributed by atoms with van der Waals surface area (Å²) in [5, 5.41) is 4.41. The van der Waals surface area contributed by atoms with Gasteiger partial charge in [-0.25, -0.2) is 14.2 Å². The molecule has 5 heteroatoms. The molecule has 0 saturated carbocycles. The molecule has 0 aliphatic rings. The normalized spacial score (nSPS) is 11.1. The van der Waals surface area contributed by atoms with Gasteiger partial charge in [0.05, 0.1) is 5.52 Å². The molecule has 0 amide bonds. The van der Waals surface area contributed by atoms with Crippen LogP contribution in [0.15, 0.2) is 39.8 Å². The summed E-state index contributed by atoms with van der Waals surface area (Å²) < 4.78 is 5.86. The Balaban J connectivity index is 2.72. The van der Waals surface area contributed by atoms with Crippen molar-refractivity contribution in [3.05, 3.63) is 41.0 Å². The lowest BCUT2D eigenvalue weighted by Gasteiger charge is -1.96. The van der Waals surface area contributed by atoms with E-state index in [1.807, 2.05) is 24.3 Å². The third-order valence-corrected chi connectivity index (χ3v) is 2.08. The van der Waals surface area contributed by atoms with Gasteiger partial charge in [0, 0.05) is 11.6 Å². The third kappa shape index (κ3) is 0.806. The van der Waals surface area contributed by atoms with Gasteiger partial charge in [-0.15, -0.1) is 0 Å². The Morgan fingerprint density at radius 2 is 2.14 bits per heavy atom. The quantitative estimate of drug-likeness (QED) is 0.523. The van der Waals surface area contributed by atoms with Crippen molar-refractivity contribution in [3.8, 4) is 0 Å². The highest BCUT2D eigenvalue weighted by molar-refractivity contribution is 5.79. The van der Waals surface area contributed by atoms with Crippen LogP contribution in [-0.4, -0.2) is 14.5 Å². The number of hydrogen-bond donors (Lipinski definition) is 0. The molecule has 0 unspecified atom stereocenters. The molecule has 0 N–H and O–H groups in total. The maximum absolute atomic E-state index is 11.3. The fourth-order valence-electron chi connectivity index (χ4n) is 1.46. The van der Waals surface area contributed by atoms with E-state index in [-0.39, 0.29) is 5.78 Å². The van der Waals surface area contributed by atoms with Crippen LogP contribution in [0.3, 0.4) is 0 Å². The minimum absolute atomic E-state index is 0.286. The van der Waals surface area contributed by atoms with Gasteiger partial charge in [-0.2, -0.15) is 0 Å². The first-order valence-corrected chi connectivity index (χ1v) is 4.08. The summed E-state index contributed by atoms with van der Waals surface area (Å²) in [6, 6.07) is 7.43. The van der Waals surface area contributed by atoms with E-state index in [1.165, 1.54) is 4.40 Å². The molecule has 0 spiro atoms. The van der Waals surface area contributed by atoms with E-state index in [1.54, 1.807) is 6.20 Å². The van der Waals surface area contributed by atoms with Crippen LogP contribution in [0.5, 0.6) is 0 Å². The monoisotopic (exact) mass is 187 g/mol. The molecule has 0 aliphatic carbocycles. The molecule has 0 saturated heterocycles. The van der Waals surface area contributed by atoms with Gasteiger partial charge in [0.1, 0.15) is 0 Å². The van der Waals surface area contributed by atoms with Gasteiger partial charge in [0.25, 0.3) is 5.78 Å². The van der Waals surface area contributed by atoms with Crippen LogP contribution in [0.1, 0.15) is 0 Å². The number of hydrogen-bond acceptors (Lipinski definition) is 4. The molecule has 0 radical (unpaired) electrons. The van der Waals surface area contributed by atoms with Crippen molar-refractivity contribution in [2.45, 2.75) is 0 Å². The van der Waals surface area contributed by atoms with E-state index in [0.29, 0.717) is 0 Å². The Bertz CT molecular complexity index is 668. The molecule has 0 atom stereocenters. The first-order valence-electron chi connectivity index (χ1n) is 4.08. The van der Waals surface area contributed by atoms with Crippen molar-refractivity contribution in [1.29, 1.82) is 0 Å². The molecule has 0 aliphatic heterocycles. The van der Waals surface area contributed by atoms with Gasteiger partial charge in [0.15, 0.2) is 0 Å². The van der Waals surface area contributed by atoms with Crippen molar-refractivity contribution in [1.82, 2.24) is 14.5 Å². The first-order chi connectivity index (χ1) is 6.86. The summed E-state index contributed by atoms with van der Waals surface area (Å²) >= 11 is 0. The summed E-state index contributed by atoms with van der Waals surface area (Å²) in [4.78, 5) is 15.3. The lowest BCUT2D eigenvalue weighted by Crippen LogP contribution is -2.06. The van der Waals surface area contributed by atoms with Crippen LogP contribution in [0, 0.1) is 0 Å². The Morgan fingerprint density at radius 3 is 3.07 bits per heavy atom. The van der Waals surface area contributed by atoms with Crippen LogP contribution in [0.25, 0.3) is 16.7 Å². The predicted molar refractivity (Wildman–Crippen MR) is 49.0 cm³/mol. The summed E-state index contributed by atoms with van der Waals surface area (Å²) in [5.74, 6) is -0.224. The van der Waals surface area contributed by atoms with E-state index < -0.39 is 5.76 Å². The summed E-state index contributed by atoms with van der Waals surface area (Å²) in [5.41, 5.74) is 0.753. The molecule has 0 fully saturated rings. The van der Waals surface area contributed by atoms with Gasteiger partial charge in [-0.3, -0.25) is 4.52 Å². The van der Waals surface area contributed by atoms with Gasteiger partial charge >= 0.3 is 5.76 Å². The summed E-state index contributed by atoms with van der Waals surface area (Å²) in [6.07, 6.45) is 1.66. The molecule has 2 heterocycles. The third-order valence-electron chi connectivity index (χ3n) is 2.08. The second-order valence-corrected chi connectivity index (χ2v) is 2.90. The van der Waals surface area contributed by atoms with E-state index >= 15 is 0 Å². The topological polar surface area (TPSA) is 60.4 Å². The predicted octanol–water partition coefficient (Wildman–Crippen LogP) is 0.836. The molecular weight excluding hydrogens is 182 g/mol. The van der Waals surface area contributed by atoms with E-state index in [4.69, 9.17) is 0 Å². The average molecular weight is 187 g/mol. The summed E-state index contributed by atoms with van der Waals surface area (Å²) in [6.45, 7) is 0. The van der Waals surface area contributed by atoms with Crippen molar-refractivity contribution in [3.63, 3.8) is 0 Å². The van der Waals surface area contributed by atoms with Crippen molar-refractivity contribution in [2.75, 3.05) is 0 Å². The maximum atomic E-state index is 11.3. The number of aromatic nitrogens is 3. The lowest BCUT2D eigenvalue weighted by molar-refractivity contribution is 0.387. The smallest absolute Gasteiger partial charge is 0.293 e. The number of benzene rings is 1. The molecule has 3 aromatic rings. The van der Waals surface area contributed by atoms with Gasteiger partial charge in [-0.05, 0) is 11.2 Å². The highest BCUT2D eigenvalue weighted by Crippen LogP contribution is 2.11. The highest BCUT2D eigenvalue weighted by atomic mass is 16.5. The van der Waals surface area contributed by atoms with Crippen molar-refractivity contribution < 1.29 is 4.52 Å². The molecule has 1 aromatic carbocycles. The first kappa shape index (κ1) is 7.25. The van der Waals surface area contributed by atoms with Crippen LogP contribution < -0.4 is 5.76 Å². The van der Waals surface area contributed by atoms with Gasteiger partial charge in [-0.1, -0.05) is 18.2 Å². The molecule has 68 valence electrons. The molecular formula is C9H5N3O2. The van der Waals surface area contributed by atoms with Crippen molar-refractivity contribution in [2.24, 2.45) is 0 Å². The largest absolute Gasteiger partial charge is 0.447 e. The molecule has 14 heavy (non-hydrogen) atoms. The number of rotatable bonds is 0. The van der Waals surface area contributed by atoms with Gasteiger partial charge in [0.2, 0.25) is 0 Å². The fraction of sp³-hybridized carbons (Fsp3) is 0. The Hall–Kier alpha value is -2.17. The highest BCUT2D eigenvalue weighted by Gasteiger charge is 2.06. The SMILES string of the molecule is O=c1onc2ncc3ccccc3n12. The number of fused-ring (bicyclic) bond motifs is 3. The zero-order chi connectivity index (χ0) is 9.54. The summed E-state index contributed by atoms with van der Waals surface area (Å²) in [7, 11) is 0. The van der Waals surface area contributed by atoms with Crippen LogP contribution in [0.4, 0.5) is 0 Å². The lowest BCUT2D eigenvalue weighted by atomic mass is 10.2. The average Bonchev–Trinajstić information content (AvgIpc) is 2.61. The minimum atomic E-state index is -0.510. The van der Waals surface area contributed by atoms with Crippen LogP contribution >= 0.6 is 0 Å². The zero-order valence-electron chi connectivity index (χ0n) is 7.04. The molecule has 0 bridgehead atoms. The molecule has 2 aromatic heterocycles. The molecule has 3 rings (SSSR count). The second kappa shape index (κ2) is 2.41. The van der Waals surface area contributed by atoms with E-state index in [2.05, 4.69) is 14.7 Å².